The van der Waals surface area contributed by atoms with Gasteiger partial charge in [-0.1, -0.05) is 0 Å². The zero-order valence-corrected chi connectivity index (χ0v) is 11.5. The van der Waals surface area contributed by atoms with Gasteiger partial charge in [0.25, 0.3) is 10.0 Å². The number of aromatic nitrogens is 1. The van der Waals surface area contributed by atoms with E-state index in [9.17, 15) is 13.2 Å². The van der Waals surface area contributed by atoms with Gasteiger partial charge in [0.1, 0.15) is 0 Å². The summed E-state index contributed by atoms with van der Waals surface area (Å²) in [6, 6.07) is 0. The van der Waals surface area contributed by atoms with Crippen LogP contribution in [0.4, 0.5) is 0 Å². The van der Waals surface area contributed by atoms with Gasteiger partial charge in [0, 0.05) is 6.54 Å². The molecule has 9 heteroatoms. The first-order valence-electron chi connectivity index (χ1n) is 5.12. The van der Waals surface area contributed by atoms with Crippen molar-refractivity contribution in [1.82, 2.24) is 9.71 Å². The monoisotopic (exact) mass is 294 g/mol. The Morgan fingerprint density at radius 3 is 2.83 bits per heavy atom. The summed E-state index contributed by atoms with van der Waals surface area (Å²) >= 11 is 0.766. The standard InChI is InChI=1S/C9H14N2O5S2/c1-6(2)16-4-3-11-18(14,15)9-7(8(12)13)10-5-17-9/h5-6,11H,3-4H2,1-2H3,(H,12,13). The number of rotatable bonds is 7. The van der Waals surface area contributed by atoms with Crippen LogP contribution < -0.4 is 4.72 Å². The van der Waals surface area contributed by atoms with Crippen molar-refractivity contribution in [2.75, 3.05) is 13.2 Å². The number of sulfonamides is 1. The summed E-state index contributed by atoms with van der Waals surface area (Å²) in [5.41, 5.74) is 0.722. The first-order valence-corrected chi connectivity index (χ1v) is 7.49. The van der Waals surface area contributed by atoms with Crippen molar-refractivity contribution in [1.29, 1.82) is 0 Å². The van der Waals surface area contributed by atoms with Crippen LogP contribution >= 0.6 is 11.3 Å². The second-order valence-electron chi connectivity index (χ2n) is 3.61. The lowest BCUT2D eigenvalue weighted by molar-refractivity contribution is 0.0687. The Bertz CT molecular complexity index is 509. The minimum Gasteiger partial charge on any atom is -0.476 e. The van der Waals surface area contributed by atoms with Gasteiger partial charge < -0.3 is 9.84 Å². The summed E-state index contributed by atoms with van der Waals surface area (Å²) in [6.45, 7) is 3.97. The second kappa shape index (κ2) is 6.23. The number of carboxylic acids is 1. The lowest BCUT2D eigenvalue weighted by atomic mass is 10.5. The molecule has 0 fully saturated rings. The third kappa shape index (κ3) is 4.02. The molecular formula is C9H14N2O5S2. The summed E-state index contributed by atoms with van der Waals surface area (Å²) in [6.07, 6.45) is 0.00693. The highest BCUT2D eigenvalue weighted by atomic mass is 32.2. The highest BCUT2D eigenvalue weighted by Gasteiger charge is 2.25. The predicted octanol–water partition coefficient (Wildman–Crippen LogP) is 0.545. The molecule has 1 aromatic rings. The van der Waals surface area contributed by atoms with Crippen LogP contribution in [0, 0.1) is 0 Å². The Morgan fingerprint density at radius 2 is 2.28 bits per heavy atom. The summed E-state index contributed by atoms with van der Waals surface area (Å²) in [7, 11) is -3.85. The molecule has 0 atom stereocenters. The van der Waals surface area contributed by atoms with E-state index in [1.807, 2.05) is 13.8 Å². The Kier molecular flexibility index (Phi) is 5.20. The molecule has 0 aliphatic heterocycles. The Hall–Kier alpha value is -1.03. The zero-order valence-electron chi connectivity index (χ0n) is 9.91. The molecule has 18 heavy (non-hydrogen) atoms. The Morgan fingerprint density at radius 1 is 1.61 bits per heavy atom. The molecular weight excluding hydrogens is 280 g/mol. The van der Waals surface area contributed by atoms with Gasteiger partial charge in [-0.05, 0) is 13.8 Å². The van der Waals surface area contributed by atoms with E-state index in [0.717, 1.165) is 11.3 Å². The largest absolute Gasteiger partial charge is 0.476 e. The van der Waals surface area contributed by atoms with Crippen LogP contribution in [0.25, 0.3) is 0 Å². The van der Waals surface area contributed by atoms with Crippen LogP contribution in [0.3, 0.4) is 0 Å². The minimum absolute atomic E-state index is 0.00693. The normalized spacial score (nSPS) is 11.9. The highest BCUT2D eigenvalue weighted by molar-refractivity contribution is 7.91. The van der Waals surface area contributed by atoms with Crippen molar-refractivity contribution in [2.24, 2.45) is 0 Å². The van der Waals surface area contributed by atoms with Crippen molar-refractivity contribution in [3.8, 4) is 0 Å². The molecule has 1 aromatic heterocycles. The molecule has 102 valence electrons. The van der Waals surface area contributed by atoms with Crippen LogP contribution in [-0.2, 0) is 14.8 Å². The van der Waals surface area contributed by atoms with Crippen LogP contribution in [0.2, 0.25) is 0 Å². The summed E-state index contributed by atoms with van der Waals surface area (Å²) < 4.78 is 30.8. The maximum atomic E-state index is 11.8. The molecule has 0 spiro atoms. The SMILES string of the molecule is CC(C)OCCNS(=O)(=O)c1scnc1C(=O)O. The summed E-state index contributed by atoms with van der Waals surface area (Å²) in [4.78, 5) is 14.3. The van der Waals surface area contributed by atoms with Crippen LogP contribution in [-0.4, -0.2) is 43.7 Å². The van der Waals surface area contributed by atoms with Gasteiger partial charge in [0.2, 0.25) is 0 Å². The molecule has 0 aliphatic carbocycles. The van der Waals surface area contributed by atoms with Gasteiger partial charge in [-0.25, -0.2) is 22.9 Å². The lowest BCUT2D eigenvalue weighted by Gasteiger charge is -2.08. The third-order valence-electron chi connectivity index (χ3n) is 1.83. The van der Waals surface area contributed by atoms with Crippen molar-refractivity contribution in [3.63, 3.8) is 0 Å². The van der Waals surface area contributed by atoms with E-state index < -0.39 is 21.7 Å². The van der Waals surface area contributed by atoms with Gasteiger partial charge in [0.05, 0.1) is 18.2 Å². The molecule has 0 unspecified atom stereocenters. The van der Waals surface area contributed by atoms with Crippen molar-refractivity contribution < 1.29 is 23.1 Å². The van der Waals surface area contributed by atoms with E-state index in [1.165, 1.54) is 5.51 Å². The van der Waals surface area contributed by atoms with E-state index >= 15 is 0 Å². The first kappa shape index (κ1) is 15.0. The number of aromatic carboxylic acids is 1. The first-order chi connectivity index (χ1) is 8.34. The smallest absolute Gasteiger partial charge is 0.356 e. The topological polar surface area (TPSA) is 106 Å². The molecule has 0 saturated carbocycles. The lowest BCUT2D eigenvalue weighted by Crippen LogP contribution is -2.28. The number of hydrogen-bond acceptors (Lipinski definition) is 6. The Balaban J connectivity index is 2.69. The number of nitrogens with one attached hydrogen (secondary N) is 1. The maximum absolute atomic E-state index is 11.8. The number of hydrogen-bond donors (Lipinski definition) is 2. The Labute approximate surface area is 109 Å². The van der Waals surface area contributed by atoms with E-state index in [2.05, 4.69) is 9.71 Å². The number of carbonyl (C=O) groups is 1. The zero-order chi connectivity index (χ0) is 13.8. The molecule has 2 N–H and O–H groups in total. The highest BCUT2D eigenvalue weighted by Crippen LogP contribution is 2.19. The average Bonchev–Trinajstić information content (AvgIpc) is 2.73. The van der Waals surface area contributed by atoms with Crippen LogP contribution in [0.1, 0.15) is 24.3 Å². The van der Waals surface area contributed by atoms with E-state index in [0.29, 0.717) is 0 Å². The van der Waals surface area contributed by atoms with Crippen molar-refractivity contribution >= 4 is 27.3 Å². The molecule has 0 saturated heterocycles. The van der Waals surface area contributed by atoms with Crippen molar-refractivity contribution in [3.05, 3.63) is 11.2 Å². The van der Waals surface area contributed by atoms with Gasteiger partial charge >= 0.3 is 5.97 Å². The van der Waals surface area contributed by atoms with Crippen LogP contribution in [0.15, 0.2) is 9.72 Å². The van der Waals surface area contributed by atoms with E-state index in [-0.39, 0.29) is 23.5 Å². The second-order valence-corrected chi connectivity index (χ2v) is 6.43. The molecule has 1 heterocycles. The number of nitrogens with zero attached hydrogens (tertiary/aromatic N) is 1. The average molecular weight is 294 g/mol. The molecule has 0 amide bonds. The number of thiazole rings is 1. The van der Waals surface area contributed by atoms with Gasteiger partial charge in [-0.15, -0.1) is 11.3 Å². The predicted molar refractivity (Wildman–Crippen MR) is 65.3 cm³/mol. The maximum Gasteiger partial charge on any atom is 0.356 e. The fraction of sp³-hybridized carbons (Fsp3) is 0.556. The number of ether oxygens (including phenoxy) is 1. The minimum atomic E-state index is -3.85. The van der Waals surface area contributed by atoms with E-state index in [4.69, 9.17) is 9.84 Å². The molecule has 7 nitrogen and oxygen atoms in total. The molecule has 0 bridgehead atoms. The third-order valence-corrected chi connectivity index (χ3v) is 4.66. The number of carboxylic acid groups (broad SMARTS) is 1. The quantitative estimate of drug-likeness (QED) is 0.711. The van der Waals surface area contributed by atoms with Crippen molar-refractivity contribution in [2.45, 2.75) is 24.2 Å². The van der Waals surface area contributed by atoms with Gasteiger partial charge in [-0.3, -0.25) is 0 Å². The summed E-state index contributed by atoms with van der Waals surface area (Å²) in [5.74, 6) is -1.37. The molecule has 0 aliphatic rings. The molecule has 1 rings (SSSR count). The van der Waals surface area contributed by atoms with Gasteiger partial charge in [0.15, 0.2) is 9.90 Å². The van der Waals surface area contributed by atoms with Gasteiger partial charge in [-0.2, -0.15) is 0 Å². The molecule has 0 aromatic carbocycles. The summed E-state index contributed by atoms with van der Waals surface area (Å²) in [5, 5.41) is 8.79. The van der Waals surface area contributed by atoms with Crippen LogP contribution in [0.5, 0.6) is 0 Å². The molecule has 0 radical (unpaired) electrons. The fourth-order valence-corrected chi connectivity index (χ4v) is 3.30. The van der Waals surface area contributed by atoms with E-state index in [1.54, 1.807) is 0 Å². The fourth-order valence-electron chi connectivity index (χ4n) is 1.10.